The Kier molecular flexibility index (Phi) is 6.92. The van der Waals surface area contributed by atoms with E-state index in [1.54, 1.807) is 13.8 Å². The number of nitrogens with one attached hydrogen (secondary N) is 2. The highest BCUT2D eigenvalue weighted by Gasteiger charge is 2.37. The third kappa shape index (κ3) is 4.84. The zero-order chi connectivity index (χ0) is 20.0. The Morgan fingerprint density at radius 2 is 1.74 bits per heavy atom. The Hall–Kier alpha value is -2.90. The number of hydrogen-bond donors (Lipinski definition) is 2. The molecular formula is C19H25N3O5. The number of amides is 4. The number of benzene rings is 1. The van der Waals surface area contributed by atoms with Crippen molar-refractivity contribution in [3.05, 3.63) is 34.9 Å². The van der Waals surface area contributed by atoms with Gasteiger partial charge in [0.2, 0.25) is 0 Å². The predicted octanol–water partition coefficient (Wildman–Crippen LogP) is 1.95. The molecule has 0 saturated heterocycles. The Bertz CT molecular complexity index is 745. The van der Waals surface area contributed by atoms with Crippen LogP contribution in [-0.2, 0) is 4.74 Å². The molecule has 2 rings (SSSR count). The third-order valence-corrected chi connectivity index (χ3v) is 4.11. The SMILES string of the molecule is CCCCOC(=O)NCCNC(=O)c1ccc2c(c1)C(=O)N(C(C)C)C2=O. The van der Waals surface area contributed by atoms with Crippen LogP contribution in [0.15, 0.2) is 18.2 Å². The number of rotatable bonds is 8. The van der Waals surface area contributed by atoms with E-state index in [4.69, 9.17) is 4.74 Å². The molecule has 0 atom stereocenters. The van der Waals surface area contributed by atoms with Crippen LogP contribution in [0.1, 0.15) is 64.7 Å². The number of fused-ring (bicyclic) bond motifs is 1. The van der Waals surface area contributed by atoms with Crippen molar-refractivity contribution in [2.24, 2.45) is 0 Å². The van der Waals surface area contributed by atoms with Gasteiger partial charge in [0.15, 0.2) is 0 Å². The molecule has 1 aliphatic heterocycles. The molecule has 1 aromatic carbocycles. The molecule has 8 nitrogen and oxygen atoms in total. The highest BCUT2D eigenvalue weighted by Crippen LogP contribution is 2.25. The summed E-state index contributed by atoms with van der Waals surface area (Å²) in [6.07, 6.45) is 1.22. The summed E-state index contributed by atoms with van der Waals surface area (Å²) in [4.78, 5) is 49.4. The van der Waals surface area contributed by atoms with Crippen LogP contribution in [0, 0.1) is 0 Å². The van der Waals surface area contributed by atoms with E-state index in [0.29, 0.717) is 12.2 Å². The van der Waals surface area contributed by atoms with Gasteiger partial charge in [-0.3, -0.25) is 19.3 Å². The van der Waals surface area contributed by atoms with E-state index in [1.165, 1.54) is 23.1 Å². The minimum absolute atomic E-state index is 0.212. The predicted molar refractivity (Wildman–Crippen MR) is 98.7 cm³/mol. The summed E-state index contributed by atoms with van der Waals surface area (Å²) in [6, 6.07) is 4.18. The number of imide groups is 1. The van der Waals surface area contributed by atoms with Crippen LogP contribution in [0.4, 0.5) is 4.79 Å². The van der Waals surface area contributed by atoms with Crippen molar-refractivity contribution in [1.82, 2.24) is 15.5 Å². The Balaban J connectivity index is 1.88. The van der Waals surface area contributed by atoms with E-state index in [0.717, 1.165) is 12.8 Å². The molecular weight excluding hydrogens is 350 g/mol. The lowest BCUT2D eigenvalue weighted by Crippen LogP contribution is -2.36. The second-order valence-electron chi connectivity index (χ2n) is 6.51. The molecule has 8 heteroatoms. The van der Waals surface area contributed by atoms with Crippen molar-refractivity contribution in [3.8, 4) is 0 Å². The highest BCUT2D eigenvalue weighted by atomic mass is 16.5. The van der Waals surface area contributed by atoms with E-state index >= 15 is 0 Å². The third-order valence-electron chi connectivity index (χ3n) is 4.11. The fraction of sp³-hybridized carbons (Fsp3) is 0.474. The fourth-order valence-electron chi connectivity index (χ4n) is 2.67. The van der Waals surface area contributed by atoms with Gasteiger partial charge in [0.25, 0.3) is 17.7 Å². The zero-order valence-corrected chi connectivity index (χ0v) is 15.8. The number of hydrogen-bond acceptors (Lipinski definition) is 5. The quantitative estimate of drug-likeness (QED) is 0.534. The first-order valence-corrected chi connectivity index (χ1v) is 9.07. The molecule has 0 saturated carbocycles. The van der Waals surface area contributed by atoms with E-state index in [1.807, 2.05) is 6.92 Å². The van der Waals surface area contributed by atoms with Gasteiger partial charge in [-0.15, -0.1) is 0 Å². The maximum absolute atomic E-state index is 12.4. The monoisotopic (exact) mass is 375 g/mol. The van der Waals surface area contributed by atoms with E-state index < -0.39 is 12.0 Å². The molecule has 27 heavy (non-hydrogen) atoms. The normalized spacial score (nSPS) is 13.0. The lowest BCUT2D eigenvalue weighted by molar-refractivity contribution is 0.0608. The van der Waals surface area contributed by atoms with Crippen LogP contribution in [0.2, 0.25) is 0 Å². The van der Waals surface area contributed by atoms with Gasteiger partial charge < -0.3 is 15.4 Å². The first-order chi connectivity index (χ1) is 12.9. The topological polar surface area (TPSA) is 105 Å². The maximum Gasteiger partial charge on any atom is 0.407 e. The molecule has 0 radical (unpaired) electrons. The average molecular weight is 375 g/mol. The number of ether oxygens (including phenoxy) is 1. The molecule has 1 heterocycles. The van der Waals surface area contributed by atoms with Crippen molar-refractivity contribution >= 4 is 23.8 Å². The average Bonchev–Trinajstić information content (AvgIpc) is 2.89. The summed E-state index contributed by atoms with van der Waals surface area (Å²) in [5.74, 6) is -1.12. The summed E-state index contributed by atoms with van der Waals surface area (Å²) < 4.78 is 4.94. The van der Waals surface area contributed by atoms with Crippen LogP contribution in [0.3, 0.4) is 0 Å². The summed E-state index contributed by atoms with van der Waals surface area (Å²) >= 11 is 0. The van der Waals surface area contributed by atoms with Crippen molar-refractivity contribution in [2.45, 2.75) is 39.7 Å². The Labute approximate surface area is 158 Å². The maximum atomic E-state index is 12.4. The van der Waals surface area contributed by atoms with Gasteiger partial charge in [-0.25, -0.2) is 4.79 Å². The number of carbonyl (C=O) groups excluding carboxylic acids is 4. The highest BCUT2D eigenvalue weighted by molar-refractivity contribution is 6.22. The van der Waals surface area contributed by atoms with Gasteiger partial charge in [-0.2, -0.15) is 0 Å². The van der Waals surface area contributed by atoms with Crippen LogP contribution in [0.5, 0.6) is 0 Å². The van der Waals surface area contributed by atoms with Gasteiger partial charge >= 0.3 is 6.09 Å². The van der Waals surface area contributed by atoms with Crippen molar-refractivity contribution in [2.75, 3.05) is 19.7 Å². The van der Waals surface area contributed by atoms with Gasteiger partial charge in [0.05, 0.1) is 17.7 Å². The minimum Gasteiger partial charge on any atom is -0.450 e. The van der Waals surface area contributed by atoms with Crippen molar-refractivity contribution in [1.29, 1.82) is 0 Å². The summed E-state index contributed by atoms with van der Waals surface area (Å²) in [7, 11) is 0. The molecule has 146 valence electrons. The number of unbranched alkanes of at least 4 members (excludes halogenated alkanes) is 1. The zero-order valence-electron chi connectivity index (χ0n) is 15.8. The molecule has 2 N–H and O–H groups in total. The molecule has 4 amide bonds. The number of alkyl carbamates (subject to hydrolysis) is 1. The lowest BCUT2D eigenvalue weighted by Gasteiger charge is -2.17. The summed E-state index contributed by atoms with van der Waals surface area (Å²) in [6.45, 7) is 6.32. The summed E-state index contributed by atoms with van der Waals surface area (Å²) in [5.41, 5.74) is 0.826. The van der Waals surface area contributed by atoms with Crippen molar-refractivity contribution < 1.29 is 23.9 Å². The van der Waals surface area contributed by atoms with E-state index in [9.17, 15) is 19.2 Å². The van der Waals surface area contributed by atoms with Crippen LogP contribution in [-0.4, -0.2) is 54.5 Å². The number of nitrogens with zero attached hydrogens (tertiary/aromatic N) is 1. The molecule has 1 aliphatic rings. The molecule has 0 bridgehead atoms. The molecule has 0 fully saturated rings. The molecule has 0 unspecified atom stereocenters. The van der Waals surface area contributed by atoms with Gasteiger partial charge in [0.1, 0.15) is 0 Å². The van der Waals surface area contributed by atoms with Crippen LogP contribution in [0.25, 0.3) is 0 Å². The largest absolute Gasteiger partial charge is 0.450 e. The minimum atomic E-state index is -0.520. The Morgan fingerprint density at radius 1 is 1.07 bits per heavy atom. The van der Waals surface area contributed by atoms with E-state index in [2.05, 4.69) is 10.6 Å². The van der Waals surface area contributed by atoms with E-state index in [-0.39, 0.29) is 42.1 Å². The second kappa shape index (κ2) is 9.16. The first kappa shape index (κ1) is 20.4. The first-order valence-electron chi connectivity index (χ1n) is 9.07. The van der Waals surface area contributed by atoms with Crippen molar-refractivity contribution in [3.63, 3.8) is 0 Å². The van der Waals surface area contributed by atoms with Crippen LogP contribution >= 0.6 is 0 Å². The van der Waals surface area contributed by atoms with Gasteiger partial charge in [-0.1, -0.05) is 13.3 Å². The fourth-order valence-corrected chi connectivity index (χ4v) is 2.67. The molecule has 1 aromatic rings. The van der Waals surface area contributed by atoms with Gasteiger partial charge in [0, 0.05) is 24.7 Å². The Morgan fingerprint density at radius 3 is 2.41 bits per heavy atom. The summed E-state index contributed by atoms with van der Waals surface area (Å²) in [5, 5.41) is 5.19. The lowest BCUT2D eigenvalue weighted by atomic mass is 10.1. The molecule has 0 spiro atoms. The van der Waals surface area contributed by atoms with Gasteiger partial charge in [-0.05, 0) is 38.5 Å². The smallest absolute Gasteiger partial charge is 0.407 e. The standard InChI is InChI=1S/C19H25N3O5/c1-4-5-10-27-19(26)21-9-8-20-16(23)13-6-7-14-15(11-13)18(25)22(12(2)3)17(14)24/h6-7,11-12H,4-5,8-10H2,1-3H3,(H,20,23)(H,21,26). The number of carbonyl (C=O) groups is 4. The van der Waals surface area contributed by atoms with Crippen LogP contribution < -0.4 is 10.6 Å². The second-order valence-corrected chi connectivity index (χ2v) is 6.51. The molecule has 0 aromatic heterocycles. The molecule has 0 aliphatic carbocycles.